The fraction of sp³-hybridized carbons (Fsp3) is 0.188. The average molecular weight is 339 g/mol. The Morgan fingerprint density at radius 2 is 1.77 bits per heavy atom. The topological polar surface area (TPSA) is 75.3 Å². The second-order valence-electron chi connectivity index (χ2n) is 5.12. The van der Waals surface area contributed by atoms with Gasteiger partial charge in [-0.2, -0.15) is 0 Å². The van der Waals surface area contributed by atoms with Gasteiger partial charge in [-0.15, -0.1) is 0 Å². The maximum atomic E-state index is 12.2. The van der Waals surface area contributed by atoms with Crippen molar-refractivity contribution in [2.75, 3.05) is 5.32 Å². The van der Waals surface area contributed by atoms with Crippen LogP contribution < -0.4 is 11.1 Å². The molecule has 0 spiro atoms. The zero-order valence-corrected chi connectivity index (χ0v) is 13.4. The molecule has 0 aliphatic heterocycles. The predicted molar refractivity (Wildman–Crippen MR) is 89.9 cm³/mol. The summed E-state index contributed by atoms with van der Waals surface area (Å²) in [7, 11) is 0. The summed E-state index contributed by atoms with van der Waals surface area (Å²) in [6.07, 6.45) is 0.768. The van der Waals surface area contributed by atoms with Crippen LogP contribution in [0.4, 0.5) is 5.69 Å². The van der Waals surface area contributed by atoms with Crippen molar-refractivity contribution in [3.63, 3.8) is 0 Å². The van der Waals surface area contributed by atoms with Crippen LogP contribution in [-0.4, -0.2) is 17.1 Å². The van der Waals surface area contributed by atoms with Gasteiger partial charge in [-0.25, -0.2) is 0 Å². The van der Waals surface area contributed by atoms with Gasteiger partial charge in [0.2, 0.25) is 0 Å². The van der Waals surface area contributed by atoms with Crippen LogP contribution in [0.15, 0.2) is 36.4 Å². The molecule has 2 aromatic carbocycles. The van der Waals surface area contributed by atoms with E-state index in [1.165, 1.54) is 12.1 Å². The van der Waals surface area contributed by atoms with Crippen molar-refractivity contribution >= 4 is 34.8 Å². The van der Waals surface area contributed by atoms with Crippen molar-refractivity contribution in [2.45, 2.75) is 19.4 Å². The Bertz CT molecular complexity index is 662. The van der Waals surface area contributed by atoms with E-state index in [0.717, 1.165) is 12.0 Å². The number of nitrogens with one attached hydrogen (secondary N) is 1. The number of anilines is 1. The van der Waals surface area contributed by atoms with Crippen LogP contribution in [0, 0.1) is 0 Å². The third-order valence-corrected chi connectivity index (χ3v) is 3.62. The quantitative estimate of drug-likeness (QED) is 0.792. The molecule has 1 amide bonds. The molecule has 0 fully saturated rings. The number of nitrogens with two attached hydrogens (primary N) is 1. The molecule has 6 heteroatoms. The van der Waals surface area contributed by atoms with Gasteiger partial charge in [0.1, 0.15) is 5.75 Å². The summed E-state index contributed by atoms with van der Waals surface area (Å²) in [6, 6.07) is 10.0. The molecule has 0 saturated heterocycles. The van der Waals surface area contributed by atoms with Crippen molar-refractivity contribution < 1.29 is 9.90 Å². The van der Waals surface area contributed by atoms with Crippen LogP contribution in [-0.2, 0) is 6.42 Å². The van der Waals surface area contributed by atoms with E-state index < -0.39 is 5.91 Å². The Labute approximate surface area is 138 Å². The minimum Gasteiger partial charge on any atom is -0.508 e. The van der Waals surface area contributed by atoms with Gasteiger partial charge in [-0.05, 0) is 43.2 Å². The van der Waals surface area contributed by atoms with Gasteiger partial charge in [-0.1, -0.05) is 35.3 Å². The van der Waals surface area contributed by atoms with Gasteiger partial charge < -0.3 is 16.2 Å². The minimum atomic E-state index is -0.435. The molecule has 4 N–H and O–H groups in total. The summed E-state index contributed by atoms with van der Waals surface area (Å²) < 4.78 is 0. The highest BCUT2D eigenvalue weighted by molar-refractivity contribution is 6.40. The second-order valence-corrected chi connectivity index (χ2v) is 5.93. The Hall–Kier alpha value is -1.75. The SMILES string of the molecule is C[C@@H](N)Cc1ccc(NC(=O)c2c(Cl)cc(O)cc2Cl)cc1. The monoisotopic (exact) mass is 338 g/mol. The molecule has 0 bridgehead atoms. The summed E-state index contributed by atoms with van der Waals surface area (Å²) in [5.41, 5.74) is 7.59. The van der Waals surface area contributed by atoms with Crippen molar-refractivity contribution in [3.05, 3.63) is 57.6 Å². The summed E-state index contributed by atoms with van der Waals surface area (Å²) in [5.74, 6) is -0.526. The summed E-state index contributed by atoms with van der Waals surface area (Å²) in [4.78, 5) is 12.2. The molecule has 4 nitrogen and oxygen atoms in total. The molecule has 0 aliphatic rings. The van der Waals surface area contributed by atoms with Crippen molar-refractivity contribution in [1.29, 1.82) is 0 Å². The fourth-order valence-electron chi connectivity index (χ4n) is 2.07. The van der Waals surface area contributed by atoms with Gasteiger partial charge >= 0.3 is 0 Å². The lowest BCUT2D eigenvalue weighted by Gasteiger charge is -2.10. The molecular formula is C16H16Cl2N2O2. The van der Waals surface area contributed by atoms with Gasteiger partial charge in [0, 0.05) is 11.7 Å². The van der Waals surface area contributed by atoms with Crippen molar-refractivity contribution in [3.8, 4) is 5.75 Å². The summed E-state index contributed by atoms with van der Waals surface area (Å²) in [6.45, 7) is 1.94. The van der Waals surface area contributed by atoms with Crippen LogP contribution >= 0.6 is 23.2 Å². The minimum absolute atomic E-state index is 0.0788. The molecule has 116 valence electrons. The summed E-state index contributed by atoms with van der Waals surface area (Å²) in [5, 5.41) is 12.3. The lowest BCUT2D eigenvalue weighted by molar-refractivity contribution is 0.102. The number of benzene rings is 2. The van der Waals surface area contributed by atoms with E-state index >= 15 is 0 Å². The van der Waals surface area contributed by atoms with Crippen molar-refractivity contribution in [1.82, 2.24) is 0 Å². The molecule has 2 aromatic rings. The third kappa shape index (κ3) is 4.13. The number of aromatic hydroxyl groups is 1. The fourth-order valence-corrected chi connectivity index (χ4v) is 2.71. The third-order valence-electron chi connectivity index (χ3n) is 3.02. The first-order valence-electron chi connectivity index (χ1n) is 6.70. The number of halogens is 2. The molecule has 0 saturated carbocycles. The van der Waals surface area contributed by atoms with Crippen molar-refractivity contribution in [2.24, 2.45) is 5.73 Å². The highest BCUT2D eigenvalue weighted by Gasteiger charge is 2.16. The van der Waals surface area contributed by atoms with Crippen LogP contribution in [0.25, 0.3) is 0 Å². The standard InChI is InChI=1S/C16H16Cl2N2O2/c1-9(19)6-10-2-4-11(5-3-10)20-16(22)15-13(17)7-12(21)8-14(15)18/h2-5,7-9,21H,6,19H2,1H3,(H,20,22)/t9-/m1/s1. The van der Waals surface area contributed by atoms with E-state index in [1.54, 1.807) is 12.1 Å². The number of phenolic OH excluding ortho intramolecular Hbond substituents is 1. The zero-order valence-electron chi connectivity index (χ0n) is 11.9. The number of phenols is 1. The van der Waals surface area contributed by atoms with Gasteiger partial charge in [0.05, 0.1) is 15.6 Å². The lowest BCUT2D eigenvalue weighted by Crippen LogP contribution is -2.17. The van der Waals surface area contributed by atoms with E-state index in [2.05, 4.69) is 5.32 Å². The Balaban J connectivity index is 2.15. The highest BCUT2D eigenvalue weighted by atomic mass is 35.5. The summed E-state index contributed by atoms with van der Waals surface area (Å²) >= 11 is 11.9. The first-order chi connectivity index (χ1) is 10.4. The van der Waals surface area contributed by atoms with E-state index in [9.17, 15) is 9.90 Å². The molecule has 0 heterocycles. The van der Waals surface area contributed by atoms with Crippen LogP contribution in [0.2, 0.25) is 10.0 Å². The first kappa shape index (κ1) is 16.6. The number of hydrogen-bond donors (Lipinski definition) is 3. The number of hydrogen-bond acceptors (Lipinski definition) is 3. The van der Waals surface area contributed by atoms with Gasteiger partial charge in [0.25, 0.3) is 5.91 Å². The molecule has 0 aliphatic carbocycles. The van der Waals surface area contributed by atoms with E-state index in [-0.39, 0.29) is 27.4 Å². The molecule has 0 unspecified atom stereocenters. The Kier molecular flexibility index (Phi) is 5.29. The maximum Gasteiger partial charge on any atom is 0.258 e. The smallest absolute Gasteiger partial charge is 0.258 e. The van der Waals surface area contributed by atoms with E-state index in [4.69, 9.17) is 28.9 Å². The molecular weight excluding hydrogens is 323 g/mol. The van der Waals surface area contributed by atoms with Crippen LogP contribution in [0.5, 0.6) is 5.75 Å². The number of carbonyl (C=O) groups excluding carboxylic acids is 1. The lowest BCUT2D eigenvalue weighted by atomic mass is 10.1. The number of amides is 1. The molecule has 1 atom stereocenters. The Morgan fingerprint density at radius 1 is 1.23 bits per heavy atom. The first-order valence-corrected chi connectivity index (χ1v) is 7.46. The van der Waals surface area contributed by atoms with Gasteiger partial charge in [-0.3, -0.25) is 4.79 Å². The number of rotatable bonds is 4. The molecule has 0 radical (unpaired) electrons. The molecule has 2 rings (SSSR count). The maximum absolute atomic E-state index is 12.2. The van der Waals surface area contributed by atoms with Crippen LogP contribution in [0.3, 0.4) is 0 Å². The largest absolute Gasteiger partial charge is 0.508 e. The second kappa shape index (κ2) is 7.01. The molecule has 0 aromatic heterocycles. The predicted octanol–water partition coefficient (Wildman–Crippen LogP) is 3.84. The zero-order chi connectivity index (χ0) is 16.3. The van der Waals surface area contributed by atoms with E-state index in [0.29, 0.717) is 5.69 Å². The normalized spacial score (nSPS) is 12.0. The van der Waals surface area contributed by atoms with E-state index in [1.807, 2.05) is 19.1 Å². The van der Waals surface area contributed by atoms with Gasteiger partial charge in [0.15, 0.2) is 0 Å². The average Bonchev–Trinajstić information content (AvgIpc) is 2.39. The number of carbonyl (C=O) groups is 1. The van der Waals surface area contributed by atoms with Crippen LogP contribution in [0.1, 0.15) is 22.8 Å². The Morgan fingerprint density at radius 3 is 2.27 bits per heavy atom. The highest BCUT2D eigenvalue weighted by Crippen LogP contribution is 2.30. The molecule has 22 heavy (non-hydrogen) atoms.